The Morgan fingerprint density at radius 3 is 1.83 bits per heavy atom. The van der Waals surface area contributed by atoms with Gasteiger partial charge in [0.25, 0.3) is 0 Å². The fraction of sp³-hybridized carbons (Fsp3) is 0. The van der Waals surface area contributed by atoms with Crippen molar-refractivity contribution in [3.8, 4) is 0 Å². The van der Waals surface area contributed by atoms with E-state index in [0.29, 0.717) is 0 Å². The highest BCUT2D eigenvalue weighted by Gasteiger charge is 1.84. The predicted octanol–water partition coefficient (Wildman–Crippen LogP) is 0.902. The van der Waals surface area contributed by atoms with Crippen LogP contribution in [0.3, 0.4) is 0 Å². The fourth-order valence-corrected chi connectivity index (χ4v) is 1.04. The lowest BCUT2D eigenvalue weighted by Crippen LogP contribution is -1.78. The van der Waals surface area contributed by atoms with E-state index in [2.05, 4.69) is 0 Å². The minimum Gasteiger partial charge on any atom is -0.290 e. The summed E-state index contributed by atoms with van der Waals surface area (Å²) in [7, 11) is 0. The van der Waals surface area contributed by atoms with Crippen molar-refractivity contribution in [2.75, 3.05) is 0 Å². The molecule has 0 radical (unpaired) electrons. The quantitative estimate of drug-likeness (QED) is 0.436. The van der Waals surface area contributed by atoms with Gasteiger partial charge in [0, 0.05) is 0 Å². The topological polar surface area (TPSA) is 26.0 Å². The summed E-state index contributed by atoms with van der Waals surface area (Å²) in [5.74, 6) is 0. The molecule has 0 saturated carbocycles. The van der Waals surface area contributed by atoms with Gasteiger partial charge in [-0.3, -0.25) is 5.14 Å². The molecule has 0 aromatic carbocycles. The highest BCUT2D eigenvalue weighted by Crippen LogP contribution is 2.22. The maximum absolute atomic E-state index is 5.43. The van der Waals surface area contributed by atoms with E-state index in [9.17, 15) is 0 Å². The first-order chi connectivity index (χ1) is 2.89. The highest BCUT2D eigenvalue weighted by atomic mass is 32.2. The van der Waals surface area contributed by atoms with Crippen LogP contribution in [0.4, 0.5) is 0 Å². The standard InChI is InChI=1S/C4H7NS/c5-6-3-1-2-4-6/h1-4,6H,5H2. The molecule has 0 saturated heterocycles. The lowest BCUT2D eigenvalue weighted by molar-refractivity contribution is 2.01. The minimum absolute atomic E-state index is 0.326. The maximum atomic E-state index is 5.43. The average Bonchev–Trinajstić information content (AvgIpc) is 1.86. The lowest BCUT2D eigenvalue weighted by Gasteiger charge is -1.93. The second-order valence-corrected chi connectivity index (χ2v) is 2.62. The zero-order valence-corrected chi connectivity index (χ0v) is 4.23. The van der Waals surface area contributed by atoms with E-state index in [-0.39, 0.29) is 11.1 Å². The van der Waals surface area contributed by atoms with Crippen molar-refractivity contribution >= 4 is 11.1 Å². The maximum Gasteiger partial charge on any atom is -0.0334 e. The molecule has 0 atom stereocenters. The SMILES string of the molecule is N[SH]1C=CC=C1. The Hall–Kier alpha value is -0.210. The molecular formula is C4H7NS. The molecular weight excluding hydrogens is 94.1 g/mol. The number of hydrogen-bond donors (Lipinski definition) is 2. The summed E-state index contributed by atoms with van der Waals surface area (Å²) in [5, 5.41) is 9.44. The summed E-state index contributed by atoms with van der Waals surface area (Å²) in [6, 6.07) is 0. The van der Waals surface area contributed by atoms with Crippen molar-refractivity contribution < 1.29 is 0 Å². The van der Waals surface area contributed by atoms with E-state index in [0.717, 1.165) is 0 Å². The summed E-state index contributed by atoms with van der Waals surface area (Å²) in [5.41, 5.74) is 0. The summed E-state index contributed by atoms with van der Waals surface area (Å²) in [6.45, 7) is 0. The largest absolute Gasteiger partial charge is 0.290 e. The van der Waals surface area contributed by atoms with Crippen molar-refractivity contribution in [3.05, 3.63) is 23.0 Å². The second-order valence-electron chi connectivity index (χ2n) is 1.13. The molecule has 1 heterocycles. The van der Waals surface area contributed by atoms with Gasteiger partial charge in [-0.05, 0) is 10.8 Å². The first kappa shape index (κ1) is 3.96. The molecule has 1 aliphatic heterocycles. The molecule has 2 N–H and O–H groups in total. The van der Waals surface area contributed by atoms with Gasteiger partial charge in [0.1, 0.15) is 0 Å². The molecule has 0 spiro atoms. The van der Waals surface area contributed by atoms with Gasteiger partial charge < -0.3 is 0 Å². The highest BCUT2D eigenvalue weighted by molar-refractivity contribution is 8.20. The molecule has 0 unspecified atom stereocenters. The smallest absolute Gasteiger partial charge is 0.0334 e. The van der Waals surface area contributed by atoms with Crippen molar-refractivity contribution in [3.63, 3.8) is 0 Å². The number of allylic oxidation sites excluding steroid dienone is 2. The van der Waals surface area contributed by atoms with Crippen molar-refractivity contribution in [2.24, 2.45) is 5.14 Å². The van der Waals surface area contributed by atoms with Gasteiger partial charge in [-0.15, -0.1) is 0 Å². The molecule has 1 nitrogen and oxygen atoms in total. The van der Waals surface area contributed by atoms with E-state index < -0.39 is 0 Å². The van der Waals surface area contributed by atoms with E-state index >= 15 is 0 Å². The molecule has 0 aromatic rings. The summed E-state index contributed by atoms with van der Waals surface area (Å²) >= 11 is -0.326. The van der Waals surface area contributed by atoms with Gasteiger partial charge in [-0.25, -0.2) is 0 Å². The van der Waals surface area contributed by atoms with E-state index in [1.165, 1.54) is 0 Å². The third-order valence-electron chi connectivity index (χ3n) is 0.628. The van der Waals surface area contributed by atoms with Crippen LogP contribution in [-0.2, 0) is 0 Å². The van der Waals surface area contributed by atoms with Crippen molar-refractivity contribution in [1.29, 1.82) is 0 Å². The van der Waals surface area contributed by atoms with Gasteiger partial charge in [-0.1, -0.05) is 12.2 Å². The van der Waals surface area contributed by atoms with E-state index in [4.69, 9.17) is 5.14 Å². The van der Waals surface area contributed by atoms with E-state index in [1.807, 2.05) is 23.0 Å². The van der Waals surface area contributed by atoms with Crippen LogP contribution >= 0.6 is 11.1 Å². The zero-order valence-electron chi connectivity index (χ0n) is 3.33. The van der Waals surface area contributed by atoms with Gasteiger partial charge in [0.15, 0.2) is 0 Å². The molecule has 0 aliphatic carbocycles. The van der Waals surface area contributed by atoms with Gasteiger partial charge in [-0.2, -0.15) is 11.1 Å². The van der Waals surface area contributed by atoms with Crippen LogP contribution in [0.2, 0.25) is 0 Å². The number of rotatable bonds is 0. The van der Waals surface area contributed by atoms with Crippen LogP contribution in [0.1, 0.15) is 0 Å². The molecule has 1 aliphatic rings. The summed E-state index contributed by atoms with van der Waals surface area (Å²) < 4.78 is 0. The first-order valence-electron chi connectivity index (χ1n) is 1.77. The van der Waals surface area contributed by atoms with Crippen LogP contribution in [0.15, 0.2) is 23.0 Å². The molecule has 0 bridgehead atoms. The molecule has 2 heteroatoms. The minimum atomic E-state index is -0.326. The number of nitrogens with two attached hydrogens (primary N) is 1. The van der Waals surface area contributed by atoms with E-state index in [1.54, 1.807) is 0 Å². The Morgan fingerprint density at radius 1 is 1.17 bits per heavy atom. The van der Waals surface area contributed by atoms with Gasteiger partial charge in [0.05, 0.1) is 0 Å². The normalized spacial score (nSPS) is 23.2. The number of thiol groups is 1. The van der Waals surface area contributed by atoms with Crippen LogP contribution in [-0.4, -0.2) is 0 Å². The van der Waals surface area contributed by atoms with Crippen LogP contribution < -0.4 is 5.14 Å². The predicted molar refractivity (Wildman–Crippen MR) is 31.5 cm³/mol. The van der Waals surface area contributed by atoms with Crippen molar-refractivity contribution in [1.82, 2.24) is 0 Å². The molecule has 34 valence electrons. The third-order valence-corrected chi connectivity index (χ3v) is 1.66. The Kier molecular flexibility index (Phi) is 0.986. The average molecular weight is 101 g/mol. The summed E-state index contributed by atoms with van der Waals surface area (Å²) in [6.07, 6.45) is 3.96. The fourth-order valence-electron chi connectivity index (χ4n) is 0.348. The van der Waals surface area contributed by atoms with Gasteiger partial charge in [0.2, 0.25) is 0 Å². The second kappa shape index (κ2) is 1.49. The molecule has 1 rings (SSSR count). The van der Waals surface area contributed by atoms with Crippen molar-refractivity contribution in [2.45, 2.75) is 0 Å². The molecule has 0 amide bonds. The van der Waals surface area contributed by atoms with Crippen LogP contribution in [0, 0.1) is 0 Å². The monoisotopic (exact) mass is 101 g/mol. The third kappa shape index (κ3) is 0.640. The molecule has 6 heavy (non-hydrogen) atoms. The lowest BCUT2D eigenvalue weighted by atomic mass is 10.6. The zero-order chi connectivity index (χ0) is 4.41. The number of hydrogen-bond acceptors (Lipinski definition) is 1. The Labute approximate surface area is 40.0 Å². The Balaban J connectivity index is 2.60. The Morgan fingerprint density at radius 2 is 1.67 bits per heavy atom. The van der Waals surface area contributed by atoms with Crippen LogP contribution in [0.5, 0.6) is 0 Å². The summed E-state index contributed by atoms with van der Waals surface area (Å²) in [4.78, 5) is 0. The first-order valence-corrected chi connectivity index (χ1v) is 3.32. The van der Waals surface area contributed by atoms with Crippen LogP contribution in [0.25, 0.3) is 0 Å². The van der Waals surface area contributed by atoms with Gasteiger partial charge >= 0.3 is 0 Å². The molecule has 0 fully saturated rings. The Bertz CT molecular complexity index is 83.7. The molecule has 0 aromatic heterocycles.